The SMILES string of the molecule is C[Si](C)(C)CSCSC[Si](C)(C)C. The molecular formula is C9H24S2Si2. The van der Waals surface area contributed by atoms with Gasteiger partial charge in [-0.2, -0.15) is 23.5 Å². The van der Waals surface area contributed by atoms with Crippen molar-refractivity contribution in [2.45, 2.75) is 39.3 Å². The van der Waals surface area contributed by atoms with Crippen molar-refractivity contribution in [3.05, 3.63) is 0 Å². The van der Waals surface area contributed by atoms with E-state index in [2.05, 4.69) is 62.8 Å². The summed E-state index contributed by atoms with van der Waals surface area (Å²) in [4.78, 5) is 0. The molecule has 0 radical (unpaired) electrons. The fourth-order valence-corrected chi connectivity index (χ4v) is 8.29. The third-order valence-electron chi connectivity index (χ3n) is 1.24. The smallest absolute Gasteiger partial charge is 0.0548 e. The van der Waals surface area contributed by atoms with Crippen LogP contribution in [-0.2, 0) is 0 Å². The van der Waals surface area contributed by atoms with Gasteiger partial charge in [-0.1, -0.05) is 39.3 Å². The van der Waals surface area contributed by atoms with Crippen molar-refractivity contribution in [2.75, 3.05) is 15.8 Å². The summed E-state index contributed by atoms with van der Waals surface area (Å²) >= 11 is 4.30. The van der Waals surface area contributed by atoms with Crippen molar-refractivity contribution in [3.63, 3.8) is 0 Å². The maximum atomic E-state index is 2.45. The van der Waals surface area contributed by atoms with Gasteiger partial charge < -0.3 is 0 Å². The fourth-order valence-electron chi connectivity index (χ4n) is 0.755. The Morgan fingerprint density at radius 2 is 1.00 bits per heavy atom. The summed E-state index contributed by atoms with van der Waals surface area (Å²) in [6, 6.07) is 0. The maximum Gasteiger partial charge on any atom is 0.0548 e. The van der Waals surface area contributed by atoms with Crippen LogP contribution >= 0.6 is 23.5 Å². The van der Waals surface area contributed by atoms with Crippen LogP contribution in [0.1, 0.15) is 0 Å². The molecule has 0 nitrogen and oxygen atoms in total. The average Bonchev–Trinajstić information content (AvgIpc) is 1.81. The van der Waals surface area contributed by atoms with Crippen LogP contribution in [-0.4, -0.2) is 32.0 Å². The molecule has 0 aromatic rings. The average molecular weight is 253 g/mol. The van der Waals surface area contributed by atoms with Gasteiger partial charge in [-0.25, -0.2) is 0 Å². The Bertz CT molecular complexity index is 120. The highest BCUT2D eigenvalue weighted by Crippen LogP contribution is 2.19. The summed E-state index contributed by atoms with van der Waals surface area (Å²) < 4.78 is 0. The topological polar surface area (TPSA) is 0 Å². The first-order valence-corrected chi connectivity index (χ1v) is 14.6. The second-order valence-electron chi connectivity index (χ2n) is 5.94. The van der Waals surface area contributed by atoms with Crippen molar-refractivity contribution in [1.82, 2.24) is 0 Å². The van der Waals surface area contributed by atoms with Gasteiger partial charge in [0, 0.05) is 5.08 Å². The van der Waals surface area contributed by atoms with E-state index in [1.165, 1.54) is 15.8 Å². The summed E-state index contributed by atoms with van der Waals surface area (Å²) in [5.74, 6) is 0. The molecule has 0 aliphatic rings. The molecule has 0 bridgehead atoms. The number of hydrogen-bond donors (Lipinski definition) is 0. The highest BCUT2D eigenvalue weighted by molar-refractivity contribution is 8.17. The van der Waals surface area contributed by atoms with Gasteiger partial charge in [0.05, 0.1) is 16.1 Å². The molecular weight excluding hydrogens is 228 g/mol. The Labute approximate surface area is 94.7 Å². The van der Waals surface area contributed by atoms with Gasteiger partial charge in [0.1, 0.15) is 0 Å². The molecule has 0 spiro atoms. The van der Waals surface area contributed by atoms with Crippen molar-refractivity contribution in [1.29, 1.82) is 0 Å². The molecule has 0 N–H and O–H groups in total. The molecule has 0 aliphatic heterocycles. The predicted molar refractivity (Wildman–Crippen MR) is 76.5 cm³/mol. The maximum absolute atomic E-state index is 2.45. The molecule has 0 aliphatic carbocycles. The first kappa shape index (κ1) is 14.1. The molecule has 0 saturated carbocycles. The normalized spacial score (nSPS) is 13.4. The van der Waals surface area contributed by atoms with E-state index >= 15 is 0 Å². The lowest BCUT2D eigenvalue weighted by Crippen LogP contribution is -2.25. The van der Waals surface area contributed by atoms with Gasteiger partial charge in [0.15, 0.2) is 0 Å². The standard InChI is InChI=1S/C9H24S2Si2/c1-12(2,3)8-10-7-11-9-13(4,5)6/h7-9H2,1-6H3. The van der Waals surface area contributed by atoms with Crippen molar-refractivity contribution in [3.8, 4) is 0 Å². The van der Waals surface area contributed by atoms with Gasteiger partial charge in [0.2, 0.25) is 0 Å². The third kappa shape index (κ3) is 13.1. The zero-order valence-corrected chi connectivity index (χ0v) is 13.6. The lowest BCUT2D eigenvalue weighted by Gasteiger charge is -2.17. The van der Waals surface area contributed by atoms with Crippen LogP contribution < -0.4 is 0 Å². The van der Waals surface area contributed by atoms with Crippen LogP contribution in [0.3, 0.4) is 0 Å². The minimum absolute atomic E-state index is 0.792. The molecule has 0 heterocycles. The largest absolute Gasteiger partial charge is 0.154 e. The molecule has 0 amide bonds. The fraction of sp³-hybridized carbons (Fsp3) is 1.00. The first-order chi connectivity index (χ1) is 5.71. The zero-order chi connectivity index (χ0) is 10.5. The lowest BCUT2D eigenvalue weighted by molar-refractivity contribution is 1.67. The summed E-state index contributed by atoms with van der Waals surface area (Å²) in [7, 11) is -1.58. The second-order valence-corrected chi connectivity index (χ2v) is 20.2. The molecule has 80 valence electrons. The Morgan fingerprint density at radius 3 is 1.23 bits per heavy atom. The van der Waals surface area contributed by atoms with E-state index in [0.717, 1.165) is 0 Å². The molecule has 0 fully saturated rings. The zero-order valence-electron chi connectivity index (χ0n) is 9.94. The second kappa shape index (κ2) is 5.88. The molecule has 0 aromatic heterocycles. The van der Waals surface area contributed by atoms with Gasteiger partial charge in [0.25, 0.3) is 0 Å². The van der Waals surface area contributed by atoms with Crippen molar-refractivity contribution in [2.24, 2.45) is 0 Å². The van der Waals surface area contributed by atoms with Crippen LogP contribution in [0.2, 0.25) is 39.3 Å². The molecule has 0 aromatic carbocycles. The van der Waals surface area contributed by atoms with E-state index in [-0.39, 0.29) is 0 Å². The Hall–Kier alpha value is 1.13. The molecule has 4 heteroatoms. The van der Waals surface area contributed by atoms with Crippen LogP contribution in [0.5, 0.6) is 0 Å². The molecule has 0 unspecified atom stereocenters. The first-order valence-electron chi connectivity index (χ1n) is 4.86. The van der Waals surface area contributed by atoms with Crippen LogP contribution in [0, 0.1) is 0 Å². The van der Waals surface area contributed by atoms with E-state index in [9.17, 15) is 0 Å². The highest BCUT2D eigenvalue weighted by Gasteiger charge is 2.14. The van der Waals surface area contributed by atoms with Crippen molar-refractivity contribution < 1.29 is 0 Å². The summed E-state index contributed by atoms with van der Waals surface area (Å²) in [5, 5.41) is 4.16. The van der Waals surface area contributed by atoms with Gasteiger partial charge in [-0.3, -0.25) is 0 Å². The van der Waals surface area contributed by atoms with Crippen molar-refractivity contribution >= 4 is 39.7 Å². The van der Waals surface area contributed by atoms with Gasteiger partial charge in [-0.15, -0.1) is 0 Å². The van der Waals surface area contributed by atoms with E-state index in [1.54, 1.807) is 0 Å². The predicted octanol–water partition coefficient (Wildman–Crippen LogP) is 4.17. The van der Waals surface area contributed by atoms with Crippen LogP contribution in [0.25, 0.3) is 0 Å². The lowest BCUT2D eigenvalue weighted by atomic mass is 11.7. The minimum atomic E-state index is -0.792. The van der Waals surface area contributed by atoms with E-state index in [4.69, 9.17) is 0 Å². The number of rotatable bonds is 6. The number of thioether (sulfide) groups is 2. The Morgan fingerprint density at radius 1 is 0.692 bits per heavy atom. The van der Waals surface area contributed by atoms with E-state index in [0.29, 0.717) is 0 Å². The summed E-state index contributed by atoms with van der Waals surface area (Å²) in [6.07, 6.45) is 0. The number of hydrogen-bond acceptors (Lipinski definition) is 2. The Kier molecular flexibility index (Phi) is 6.39. The molecule has 0 rings (SSSR count). The summed E-state index contributed by atoms with van der Waals surface area (Å²) in [6.45, 7) is 14.7. The molecule has 0 saturated heterocycles. The molecule has 13 heavy (non-hydrogen) atoms. The Balaban J connectivity index is 3.28. The minimum Gasteiger partial charge on any atom is -0.154 e. The van der Waals surface area contributed by atoms with Crippen LogP contribution in [0.15, 0.2) is 0 Å². The van der Waals surface area contributed by atoms with Gasteiger partial charge in [-0.05, 0) is 10.8 Å². The van der Waals surface area contributed by atoms with E-state index in [1.807, 2.05) is 0 Å². The highest BCUT2D eigenvalue weighted by atomic mass is 32.2. The monoisotopic (exact) mass is 252 g/mol. The summed E-state index contributed by atoms with van der Waals surface area (Å²) in [5.41, 5.74) is 0. The van der Waals surface area contributed by atoms with E-state index < -0.39 is 16.1 Å². The quantitative estimate of drug-likeness (QED) is 0.395. The van der Waals surface area contributed by atoms with Gasteiger partial charge >= 0.3 is 0 Å². The molecule has 0 atom stereocenters. The third-order valence-corrected chi connectivity index (χ3v) is 11.1. The van der Waals surface area contributed by atoms with Crippen LogP contribution in [0.4, 0.5) is 0 Å².